The number of halogens is 1. The highest BCUT2D eigenvalue weighted by Crippen LogP contribution is 2.45. The van der Waals surface area contributed by atoms with Gasteiger partial charge >= 0.3 is 0 Å². The maximum atomic E-state index is 12.9. The number of hydrogen-bond acceptors (Lipinski definition) is 3. The van der Waals surface area contributed by atoms with Gasteiger partial charge in [0.2, 0.25) is 0 Å². The van der Waals surface area contributed by atoms with E-state index in [1.165, 1.54) is 0 Å². The third-order valence-corrected chi connectivity index (χ3v) is 5.13. The molecule has 0 heterocycles. The van der Waals surface area contributed by atoms with Gasteiger partial charge in [-0.2, -0.15) is 0 Å². The molecule has 0 amide bonds. The first-order valence-corrected chi connectivity index (χ1v) is 7.64. The Morgan fingerprint density at radius 2 is 1.89 bits per heavy atom. The van der Waals surface area contributed by atoms with Crippen LogP contribution >= 0.6 is 25.2 Å². The minimum absolute atomic E-state index is 0.0880. The molecule has 3 nitrogen and oxygen atoms in total. The fourth-order valence-corrected chi connectivity index (χ4v) is 3.65. The fourth-order valence-electron chi connectivity index (χ4n) is 2.61. The van der Waals surface area contributed by atoms with Gasteiger partial charge in [-0.25, -0.2) is 0 Å². The maximum Gasteiger partial charge on any atom is 0.180 e. The van der Waals surface area contributed by atoms with Crippen molar-refractivity contribution in [2.45, 2.75) is 30.8 Å². The SMILES string of the molecule is COc1ccc(Br)c(OC)c1C(=O)C1(P)CCCC1. The third-order valence-electron chi connectivity index (χ3n) is 3.67. The van der Waals surface area contributed by atoms with Crippen LogP contribution in [0.5, 0.6) is 11.5 Å². The zero-order chi connectivity index (χ0) is 14.0. The minimum Gasteiger partial charge on any atom is -0.496 e. The van der Waals surface area contributed by atoms with Crippen LogP contribution in [0.15, 0.2) is 16.6 Å². The minimum atomic E-state index is -0.374. The quantitative estimate of drug-likeness (QED) is 0.615. The van der Waals surface area contributed by atoms with Gasteiger partial charge in [0.25, 0.3) is 0 Å². The van der Waals surface area contributed by atoms with Gasteiger partial charge in [-0.15, -0.1) is 9.24 Å². The van der Waals surface area contributed by atoms with Crippen LogP contribution in [0.25, 0.3) is 0 Å². The predicted molar refractivity (Wildman–Crippen MR) is 82.5 cm³/mol. The van der Waals surface area contributed by atoms with Crippen LogP contribution in [-0.2, 0) is 0 Å². The Kier molecular flexibility index (Phi) is 4.52. The van der Waals surface area contributed by atoms with Crippen LogP contribution in [0.4, 0.5) is 0 Å². The van der Waals surface area contributed by atoms with E-state index in [9.17, 15) is 4.79 Å². The van der Waals surface area contributed by atoms with Crippen molar-refractivity contribution in [2.24, 2.45) is 0 Å². The molecule has 1 aromatic carbocycles. The summed E-state index contributed by atoms with van der Waals surface area (Å²) in [6.45, 7) is 0. The Labute approximate surface area is 124 Å². The van der Waals surface area contributed by atoms with E-state index >= 15 is 0 Å². The number of methoxy groups -OCH3 is 2. The first kappa shape index (κ1) is 14.8. The van der Waals surface area contributed by atoms with Gasteiger partial charge in [-0.1, -0.05) is 12.8 Å². The molecule has 1 fully saturated rings. The van der Waals surface area contributed by atoms with Gasteiger partial charge in [0.15, 0.2) is 5.78 Å². The predicted octanol–water partition coefficient (Wildman–Crippen LogP) is 3.84. The highest BCUT2D eigenvalue weighted by Gasteiger charge is 2.40. The largest absolute Gasteiger partial charge is 0.496 e. The van der Waals surface area contributed by atoms with Crippen molar-refractivity contribution in [3.63, 3.8) is 0 Å². The van der Waals surface area contributed by atoms with E-state index in [1.54, 1.807) is 20.3 Å². The molecule has 0 aliphatic heterocycles. The summed E-state index contributed by atoms with van der Waals surface area (Å²) in [4.78, 5) is 12.9. The van der Waals surface area contributed by atoms with Gasteiger partial charge in [-0.3, -0.25) is 4.79 Å². The van der Waals surface area contributed by atoms with Crippen LogP contribution in [0, 0.1) is 0 Å². The molecule has 0 saturated heterocycles. The molecule has 104 valence electrons. The molecule has 1 aliphatic carbocycles. The summed E-state index contributed by atoms with van der Waals surface area (Å²) in [5.74, 6) is 1.21. The molecule has 19 heavy (non-hydrogen) atoms. The lowest BCUT2D eigenvalue weighted by Crippen LogP contribution is -2.29. The zero-order valence-electron chi connectivity index (χ0n) is 11.2. The molecule has 0 spiro atoms. The van der Waals surface area contributed by atoms with Crippen molar-refractivity contribution >= 4 is 31.0 Å². The molecule has 1 unspecified atom stereocenters. The number of benzene rings is 1. The number of Topliss-reactive ketones (excluding diaryl/α,β-unsaturated/α-hetero) is 1. The topological polar surface area (TPSA) is 35.5 Å². The van der Waals surface area contributed by atoms with Gasteiger partial charge in [0, 0.05) is 5.16 Å². The lowest BCUT2D eigenvalue weighted by atomic mass is 9.93. The van der Waals surface area contributed by atoms with E-state index in [1.807, 2.05) is 6.07 Å². The molecule has 0 aromatic heterocycles. The molecule has 5 heteroatoms. The summed E-state index contributed by atoms with van der Waals surface area (Å²) < 4.78 is 11.5. The highest BCUT2D eigenvalue weighted by atomic mass is 79.9. The zero-order valence-corrected chi connectivity index (χ0v) is 13.9. The summed E-state index contributed by atoms with van der Waals surface area (Å²) in [7, 11) is 5.89. The molecular weight excluding hydrogens is 327 g/mol. The van der Waals surface area contributed by atoms with Crippen LogP contribution in [-0.4, -0.2) is 25.2 Å². The molecule has 0 radical (unpaired) electrons. The second-order valence-electron chi connectivity index (χ2n) is 4.85. The van der Waals surface area contributed by atoms with E-state index in [0.717, 1.165) is 30.2 Å². The van der Waals surface area contributed by atoms with Crippen molar-refractivity contribution in [3.05, 3.63) is 22.2 Å². The van der Waals surface area contributed by atoms with Crippen LogP contribution in [0.2, 0.25) is 0 Å². The molecule has 1 atom stereocenters. The van der Waals surface area contributed by atoms with Gasteiger partial charge in [0.1, 0.15) is 17.1 Å². The van der Waals surface area contributed by atoms with Crippen molar-refractivity contribution in [2.75, 3.05) is 14.2 Å². The van der Waals surface area contributed by atoms with Gasteiger partial charge in [0.05, 0.1) is 18.7 Å². The molecular formula is C14H18BrO3P. The molecule has 0 bridgehead atoms. The number of ketones is 1. The van der Waals surface area contributed by atoms with Crippen molar-refractivity contribution in [1.29, 1.82) is 0 Å². The highest BCUT2D eigenvalue weighted by molar-refractivity contribution is 9.10. The second kappa shape index (κ2) is 5.80. The Morgan fingerprint density at radius 1 is 1.26 bits per heavy atom. The molecule has 0 N–H and O–H groups in total. The molecule has 1 aliphatic rings. The third kappa shape index (κ3) is 2.66. The summed E-state index contributed by atoms with van der Waals surface area (Å²) in [6, 6.07) is 3.63. The summed E-state index contributed by atoms with van der Waals surface area (Å²) >= 11 is 3.43. The smallest absolute Gasteiger partial charge is 0.180 e. The van der Waals surface area contributed by atoms with E-state index in [4.69, 9.17) is 9.47 Å². The summed E-state index contributed by atoms with van der Waals surface area (Å²) in [5, 5.41) is -0.374. The van der Waals surface area contributed by atoms with Crippen molar-refractivity contribution in [3.8, 4) is 11.5 Å². The summed E-state index contributed by atoms with van der Waals surface area (Å²) in [5.41, 5.74) is 0.538. The lowest BCUT2D eigenvalue weighted by Gasteiger charge is -2.24. The number of carbonyl (C=O) groups excluding carboxylic acids is 1. The molecule has 2 rings (SSSR count). The normalized spacial score (nSPS) is 17.3. The van der Waals surface area contributed by atoms with Crippen LogP contribution in [0.3, 0.4) is 0 Å². The van der Waals surface area contributed by atoms with Crippen LogP contribution in [0.1, 0.15) is 36.0 Å². The van der Waals surface area contributed by atoms with E-state index < -0.39 is 0 Å². The van der Waals surface area contributed by atoms with E-state index in [-0.39, 0.29) is 10.9 Å². The van der Waals surface area contributed by atoms with Gasteiger partial charge < -0.3 is 9.47 Å². The van der Waals surface area contributed by atoms with Crippen molar-refractivity contribution < 1.29 is 14.3 Å². The molecule has 1 aromatic rings. The van der Waals surface area contributed by atoms with E-state index in [0.29, 0.717) is 17.1 Å². The van der Waals surface area contributed by atoms with Gasteiger partial charge in [-0.05, 0) is 40.9 Å². The number of ether oxygens (including phenoxy) is 2. The Bertz CT molecular complexity index is 496. The number of hydrogen-bond donors (Lipinski definition) is 0. The molecule has 1 saturated carbocycles. The average molecular weight is 345 g/mol. The van der Waals surface area contributed by atoms with E-state index in [2.05, 4.69) is 25.2 Å². The van der Waals surface area contributed by atoms with Crippen molar-refractivity contribution in [1.82, 2.24) is 0 Å². The summed E-state index contributed by atoms with van der Waals surface area (Å²) in [6.07, 6.45) is 3.98. The number of carbonyl (C=O) groups is 1. The maximum absolute atomic E-state index is 12.9. The first-order chi connectivity index (χ1) is 9.03. The standard InChI is InChI=1S/C14H18BrO3P/c1-17-10-6-5-9(15)12(18-2)11(10)13(16)14(19)7-3-4-8-14/h5-6H,3-4,7-8,19H2,1-2H3. The second-order valence-corrected chi connectivity index (χ2v) is 6.81. The lowest BCUT2D eigenvalue weighted by molar-refractivity contribution is 0.0938. The first-order valence-electron chi connectivity index (χ1n) is 6.27. The Balaban J connectivity index is 2.53. The fraction of sp³-hybridized carbons (Fsp3) is 0.500. The average Bonchev–Trinajstić information content (AvgIpc) is 2.85. The Morgan fingerprint density at radius 3 is 2.42 bits per heavy atom. The van der Waals surface area contributed by atoms with Crippen LogP contribution < -0.4 is 9.47 Å². The number of rotatable bonds is 4. The Hall–Kier alpha value is -0.600. The monoisotopic (exact) mass is 344 g/mol.